The smallest absolute Gasteiger partial charge is 0.308 e. The van der Waals surface area contributed by atoms with Gasteiger partial charge in [-0.05, 0) is 18.8 Å². The first-order valence-electron chi connectivity index (χ1n) is 3.59. The summed E-state index contributed by atoms with van der Waals surface area (Å²) in [5.74, 6) is -0.553. The summed E-state index contributed by atoms with van der Waals surface area (Å²) in [5, 5.41) is 8.62. The number of hydrogen-bond acceptors (Lipinski definition) is 2. The molecular formula is C7H13NO2. The predicted octanol–water partition coefficient (Wildman–Crippen LogP) is 0.444. The summed E-state index contributed by atoms with van der Waals surface area (Å²) in [7, 11) is 0. The van der Waals surface area contributed by atoms with E-state index in [9.17, 15) is 4.79 Å². The van der Waals surface area contributed by atoms with Crippen LogP contribution in [-0.2, 0) is 4.79 Å². The molecule has 1 fully saturated rings. The van der Waals surface area contributed by atoms with Crippen molar-refractivity contribution in [2.75, 3.05) is 0 Å². The molecule has 1 rings (SSSR count). The minimum atomic E-state index is -0.739. The number of carbonyl (C=O) groups is 1. The summed E-state index contributed by atoms with van der Waals surface area (Å²) in [6.45, 7) is 2.04. The van der Waals surface area contributed by atoms with Crippen LogP contribution in [0.2, 0.25) is 0 Å². The van der Waals surface area contributed by atoms with Crippen molar-refractivity contribution in [2.45, 2.75) is 25.8 Å². The Morgan fingerprint density at radius 2 is 2.20 bits per heavy atom. The van der Waals surface area contributed by atoms with E-state index in [4.69, 9.17) is 10.8 Å². The largest absolute Gasteiger partial charge is 0.481 e. The third kappa shape index (κ3) is 1.29. The molecule has 0 aromatic carbocycles. The molecule has 3 nitrogen and oxygen atoms in total. The molecule has 0 aromatic rings. The maximum atomic E-state index is 10.5. The maximum Gasteiger partial charge on any atom is 0.308 e. The maximum absolute atomic E-state index is 10.5. The van der Waals surface area contributed by atoms with Crippen LogP contribution in [0.1, 0.15) is 19.8 Å². The average molecular weight is 143 g/mol. The lowest BCUT2D eigenvalue weighted by Gasteiger charge is -2.07. The van der Waals surface area contributed by atoms with Crippen LogP contribution in [-0.4, -0.2) is 17.1 Å². The quantitative estimate of drug-likeness (QED) is 0.560. The molecule has 1 saturated carbocycles. The highest BCUT2D eigenvalue weighted by molar-refractivity contribution is 5.71. The summed E-state index contributed by atoms with van der Waals surface area (Å²) < 4.78 is 0. The van der Waals surface area contributed by atoms with Crippen molar-refractivity contribution in [1.82, 2.24) is 0 Å². The molecule has 1 aliphatic rings. The molecule has 0 saturated heterocycles. The van der Waals surface area contributed by atoms with Gasteiger partial charge in [-0.15, -0.1) is 0 Å². The van der Waals surface area contributed by atoms with E-state index in [1.807, 2.05) is 6.92 Å². The van der Waals surface area contributed by atoms with Crippen molar-refractivity contribution in [2.24, 2.45) is 17.6 Å². The molecule has 0 aliphatic heterocycles. The van der Waals surface area contributed by atoms with E-state index >= 15 is 0 Å². The van der Waals surface area contributed by atoms with Gasteiger partial charge in [0, 0.05) is 6.04 Å². The monoisotopic (exact) mass is 143 g/mol. The molecule has 3 N–H and O–H groups in total. The van der Waals surface area contributed by atoms with E-state index in [1.54, 1.807) is 0 Å². The van der Waals surface area contributed by atoms with E-state index < -0.39 is 5.97 Å². The molecular weight excluding hydrogens is 130 g/mol. The minimum Gasteiger partial charge on any atom is -0.481 e. The molecule has 1 aliphatic carbocycles. The van der Waals surface area contributed by atoms with Gasteiger partial charge in [-0.2, -0.15) is 0 Å². The first-order valence-corrected chi connectivity index (χ1v) is 3.59. The lowest BCUT2D eigenvalue weighted by Crippen LogP contribution is -2.30. The number of hydrogen-bond donors (Lipinski definition) is 2. The van der Waals surface area contributed by atoms with Crippen LogP contribution in [0.15, 0.2) is 0 Å². The van der Waals surface area contributed by atoms with Gasteiger partial charge in [-0.1, -0.05) is 6.92 Å². The van der Waals surface area contributed by atoms with Gasteiger partial charge in [0.05, 0.1) is 5.92 Å². The zero-order valence-electron chi connectivity index (χ0n) is 6.08. The van der Waals surface area contributed by atoms with Crippen molar-refractivity contribution < 1.29 is 9.90 Å². The van der Waals surface area contributed by atoms with Crippen molar-refractivity contribution >= 4 is 5.97 Å². The van der Waals surface area contributed by atoms with Crippen molar-refractivity contribution in [3.05, 3.63) is 0 Å². The van der Waals surface area contributed by atoms with E-state index in [2.05, 4.69) is 0 Å². The van der Waals surface area contributed by atoms with Gasteiger partial charge in [0.25, 0.3) is 0 Å². The molecule has 0 spiro atoms. The number of rotatable bonds is 1. The van der Waals surface area contributed by atoms with E-state index in [0.717, 1.165) is 12.8 Å². The fraction of sp³-hybridized carbons (Fsp3) is 0.857. The highest BCUT2D eigenvalue weighted by Crippen LogP contribution is 2.29. The molecule has 0 heterocycles. The second-order valence-electron chi connectivity index (χ2n) is 3.19. The van der Waals surface area contributed by atoms with E-state index in [-0.39, 0.29) is 12.0 Å². The predicted molar refractivity (Wildman–Crippen MR) is 37.5 cm³/mol. The van der Waals surface area contributed by atoms with Crippen LogP contribution in [0.4, 0.5) is 0 Å². The number of carboxylic acids is 1. The van der Waals surface area contributed by atoms with E-state index in [1.165, 1.54) is 0 Å². The average Bonchev–Trinajstić information content (AvgIpc) is 2.10. The van der Waals surface area contributed by atoms with Gasteiger partial charge in [-0.25, -0.2) is 0 Å². The molecule has 3 heteroatoms. The Balaban J connectivity index is 2.54. The topological polar surface area (TPSA) is 63.3 Å². The summed E-state index contributed by atoms with van der Waals surface area (Å²) >= 11 is 0. The van der Waals surface area contributed by atoms with Crippen molar-refractivity contribution in [3.8, 4) is 0 Å². The van der Waals surface area contributed by atoms with Crippen LogP contribution >= 0.6 is 0 Å². The first-order chi connectivity index (χ1) is 4.61. The third-order valence-corrected chi connectivity index (χ3v) is 2.16. The Morgan fingerprint density at radius 1 is 1.60 bits per heavy atom. The normalized spacial score (nSPS) is 40.0. The van der Waals surface area contributed by atoms with Crippen LogP contribution < -0.4 is 5.73 Å². The van der Waals surface area contributed by atoms with Gasteiger partial charge in [0.2, 0.25) is 0 Å². The SMILES string of the molecule is C[C@H]1C[C@H](N)[C@H](C(=O)O)C1. The van der Waals surface area contributed by atoms with Crippen molar-refractivity contribution in [1.29, 1.82) is 0 Å². The Hall–Kier alpha value is -0.570. The Morgan fingerprint density at radius 3 is 2.40 bits per heavy atom. The van der Waals surface area contributed by atoms with E-state index in [0.29, 0.717) is 5.92 Å². The fourth-order valence-electron chi connectivity index (χ4n) is 1.62. The highest BCUT2D eigenvalue weighted by Gasteiger charge is 2.34. The van der Waals surface area contributed by atoms with Crippen LogP contribution in [0.25, 0.3) is 0 Å². The fourth-order valence-corrected chi connectivity index (χ4v) is 1.62. The van der Waals surface area contributed by atoms with Gasteiger partial charge < -0.3 is 10.8 Å². The van der Waals surface area contributed by atoms with Gasteiger partial charge in [-0.3, -0.25) is 4.79 Å². The molecule has 0 bridgehead atoms. The zero-order valence-corrected chi connectivity index (χ0v) is 6.08. The summed E-state index contributed by atoms with van der Waals surface area (Å²) in [6, 6.07) is -0.118. The molecule has 0 radical (unpaired) electrons. The lowest BCUT2D eigenvalue weighted by atomic mass is 10.1. The number of nitrogens with two attached hydrogens (primary N) is 1. The van der Waals surface area contributed by atoms with Gasteiger partial charge in [0.1, 0.15) is 0 Å². The summed E-state index contributed by atoms with van der Waals surface area (Å²) in [4.78, 5) is 10.5. The Kier molecular flexibility index (Phi) is 1.94. The molecule has 10 heavy (non-hydrogen) atoms. The van der Waals surface area contributed by atoms with Crippen LogP contribution in [0.5, 0.6) is 0 Å². The Bertz CT molecular complexity index is 147. The zero-order chi connectivity index (χ0) is 7.72. The minimum absolute atomic E-state index is 0.118. The third-order valence-electron chi connectivity index (χ3n) is 2.16. The molecule has 58 valence electrons. The summed E-state index contributed by atoms with van der Waals surface area (Å²) in [6.07, 6.45) is 1.60. The van der Waals surface area contributed by atoms with Crippen LogP contribution in [0.3, 0.4) is 0 Å². The van der Waals surface area contributed by atoms with Gasteiger partial charge in [0.15, 0.2) is 0 Å². The first kappa shape index (κ1) is 7.54. The molecule has 0 amide bonds. The second kappa shape index (κ2) is 2.58. The molecule has 0 aromatic heterocycles. The molecule has 0 unspecified atom stereocenters. The Labute approximate surface area is 60.2 Å². The van der Waals surface area contributed by atoms with Crippen LogP contribution in [0, 0.1) is 11.8 Å². The second-order valence-corrected chi connectivity index (χ2v) is 3.19. The molecule has 3 atom stereocenters. The van der Waals surface area contributed by atoms with Crippen molar-refractivity contribution in [3.63, 3.8) is 0 Å². The number of aliphatic carboxylic acids is 1. The number of carboxylic acid groups (broad SMARTS) is 1. The summed E-state index contributed by atoms with van der Waals surface area (Å²) in [5.41, 5.74) is 5.59. The lowest BCUT2D eigenvalue weighted by molar-refractivity contribution is -0.141. The van der Waals surface area contributed by atoms with Gasteiger partial charge >= 0.3 is 5.97 Å². The highest BCUT2D eigenvalue weighted by atomic mass is 16.4. The standard InChI is InChI=1S/C7H13NO2/c1-4-2-5(7(9)10)6(8)3-4/h4-6H,2-3,8H2,1H3,(H,9,10)/t4-,5-,6+/m1/s1.